The van der Waals surface area contributed by atoms with Gasteiger partial charge in [0.25, 0.3) is 0 Å². The van der Waals surface area contributed by atoms with Crippen molar-refractivity contribution in [2.75, 3.05) is 54.1 Å². The summed E-state index contributed by atoms with van der Waals surface area (Å²) < 4.78 is 35.1. The fourth-order valence-electron chi connectivity index (χ4n) is 6.67. The zero-order valence-corrected chi connectivity index (χ0v) is 38.1. The Morgan fingerprint density at radius 3 is 1.38 bits per heavy atom. The molecule has 9 heteroatoms. The molecular formula is C46H93NO7P+. The molecule has 0 rings (SSSR count). The van der Waals surface area contributed by atoms with Gasteiger partial charge in [0, 0.05) is 13.0 Å². The molecule has 55 heavy (non-hydrogen) atoms. The number of ether oxygens (including phenoxy) is 2. The number of likely N-dealkylation sites (N-methyl/N-ethyl adjacent to an activating group) is 1. The van der Waals surface area contributed by atoms with Crippen LogP contribution in [0.3, 0.4) is 0 Å². The summed E-state index contributed by atoms with van der Waals surface area (Å²) in [7, 11) is 1.68. The molecule has 0 aromatic carbocycles. The normalized spacial score (nSPS) is 13.8. The van der Waals surface area contributed by atoms with Gasteiger partial charge < -0.3 is 18.9 Å². The Balaban J connectivity index is 4.17. The van der Waals surface area contributed by atoms with Gasteiger partial charge in [0.05, 0.1) is 34.4 Å². The van der Waals surface area contributed by atoms with E-state index in [1.54, 1.807) is 0 Å². The van der Waals surface area contributed by atoms with Gasteiger partial charge in [0.1, 0.15) is 19.3 Å². The first-order valence-electron chi connectivity index (χ1n) is 23.4. The molecule has 2 unspecified atom stereocenters. The summed E-state index contributed by atoms with van der Waals surface area (Å²) >= 11 is 0. The van der Waals surface area contributed by atoms with Crippen LogP contribution in [0, 0.1) is 0 Å². The molecule has 0 spiro atoms. The third-order valence-electron chi connectivity index (χ3n) is 10.3. The fourth-order valence-corrected chi connectivity index (χ4v) is 7.41. The lowest BCUT2D eigenvalue weighted by Gasteiger charge is -2.24. The van der Waals surface area contributed by atoms with Crippen LogP contribution in [0.5, 0.6) is 0 Å². The molecule has 0 aromatic rings. The van der Waals surface area contributed by atoms with Gasteiger partial charge in [-0.3, -0.25) is 13.8 Å². The van der Waals surface area contributed by atoms with E-state index < -0.39 is 13.9 Å². The lowest BCUT2D eigenvalue weighted by molar-refractivity contribution is -0.870. The van der Waals surface area contributed by atoms with Crippen LogP contribution in [0.4, 0.5) is 0 Å². The van der Waals surface area contributed by atoms with Crippen LogP contribution in [0.15, 0.2) is 12.2 Å². The minimum Gasteiger partial charge on any atom is -0.457 e. The molecule has 0 saturated heterocycles. The van der Waals surface area contributed by atoms with Gasteiger partial charge >= 0.3 is 13.8 Å². The number of rotatable bonds is 44. The van der Waals surface area contributed by atoms with Crippen molar-refractivity contribution in [2.24, 2.45) is 0 Å². The van der Waals surface area contributed by atoms with Crippen LogP contribution in [0.2, 0.25) is 0 Å². The molecule has 0 amide bonds. The van der Waals surface area contributed by atoms with Crippen LogP contribution in [-0.4, -0.2) is 75.6 Å². The number of hydrogen-bond acceptors (Lipinski definition) is 6. The maximum Gasteiger partial charge on any atom is 0.472 e. The SMILES string of the molecule is CCCCCCCC/C=C\CCCCCCCCCCOCC(COP(=O)(O)OCC[N+](C)(C)C)OC(=O)CCCCCCCCCCCCCCCCC. The van der Waals surface area contributed by atoms with E-state index in [4.69, 9.17) is 18.5 Å². The van der Waals surface area contributed by atoms with Crippen LogP contribution in [-0.2, 0) is 27.9 Å². The number of phosphoric acid groups is 1. The third kappa shape index (κ3) is 44.2. The van der Waals surface area contributed by atoms with Crippen molar-refractivity contribution < 1.29 is 37.3 Å². The highest BCUT2D eigenvalue weighted by Crippen LogP contribution is 2.43. The first-order valence-corrected chi connectivity index (χ1v) is 24.9. The van der Waals surface area contributed by atoms with Crippen molar-refractivity contribution in [3.8, 4) is 0 Å². The van der Waals surface area contributed by atoms with Crippen LogP contribution >= 0.6 is 7.82 Å². The molecule has 0 aliphatic heterocycles. The number of quaternary nitrogens is 1. The lowest BCUT2D eigenvalue weighted by atomic mass is 10.0. The lowest BCUT2D eigenvalue weighted by Crippen LogP contribution is -2.37. The summed E-state index contributed by atoms with van der Waals surface area (Å²) in [6.07, 6.45) is 43.8. The maximum atomic E-state index is 12.7. The van der Waals surface area contributed by atoms with Gasteiger partial charge in [-0.25, -0.2) is 4.57 Å². The average molecular weight is 803 g/mol. The zero-order chi connectivity index (χ0) is 40.6. The zero-order valence-electron chi connectivity index (χ0n) is 37.2. The summed E-state index contributed by atoms with van der Waals surface area (Å²) in [6, 6.07) is 0. The number of hydrogen-bond donors (Lipinski definition) is 1. The van der Waals surface area contributed by atoms with E-state index in [9.17, 15) is 14.3 Å². The summed E-state index contributed by atoms with van der Waals surface area (Å²) in [4.78, 5) is 22.9. The summed E-state index contributed by atoms with van der Waals surface area (Å²) in [6.45, 7) is 5.66. The van der Waals surface area contributed by atoms with E-state index in [2.05, 4.69) is 26.0 Å². The third-order valence-corrected chi connectivity index (χ3v) is 11.3. The number of carbonyl (C=O) groups is 1. The highest BCUT2D eigenvalue weighted by molar-refractivity contribution is 7.47. The Morgan fingerprint density at radius 1 is 0.545 bits per heavy atom. The average Bonchev–Trinajstić information content (AvgIpc) is 3.13. The summed E-state index contributed by atoms with van der Waals surface area (Å²) in [5, 5.41) is 0. The second kappa shape index (κ2) is 40.0. The highest BCUT2D eigenvalue weighted by atomic mass is 31.2. The molecule has 1 N–H and O–H groups in total. The molecule has 0 aliphatic carbocycles. The summed E-state index contributed by atoms with van der Waals surface area (Å²) in [5.74, 6) is -0.310. The quantitative estimate of drug-likeness (QED) is 0.0216. The number of nitrogens with zero attached hydrogens (tertiary/aromatic N) is 1. The second-order valence-electron chi connectivity index (χ2n) is 17.1. The van der Waals surface area contributed by atoms with E-state index in [1.165, 1.54) is 167 Å². The molecule has 0 heterocycles. The van der Waals surface area contributed by atoms with Gasteiger partial charge in [0.15, 0.2) is 0 Å². The molecule has 0 bridgehead atoms. The minimum atomic E-state index is -4.27. The molecule has 0 fully saturated rings. The van der Waals surface area contributed by atoms with Crippen LogP contribution in [0.25, 0.3) is 0 Å². The Bertz CT molecular complexity index is 894. The number of carbonyl (C=O) groups excluding carboxylic acids is 1. The standard InChI is InChI=1S/C46H92NO7P/c1-6-8-10-12-14-16-18-20-22-23-24-26-28-30-32-34-36-38-41-51-43-45(44-53-55(49,50)52-42-40-47(3,4)5)54-46(48)39-37-35-33-31-29-27-25-21-19-17-15-13-11-9-7-2/h20,22,45H,6-19,21,23-44H2,1-5H3/p+1/b22-20-. The molecule has 0 aliphatic rings. The molecule has 0 saturated carbocycles. The predicted octanol–water partition coefficient (Wildman–Crippen LogP) is 13.8. The van der Waals surface area contributed by atoms with E-state index in [-0.39, 0.29) is 25.8 Å². The second-order valence-corrected chi connectivity index (χ2v) is 18.6. The molecule has 328 valence electrons. The van der Waals surface area contributed by atoms with Gasteiger partial charge in [-0.15, -0.1) is 0 Å². The van der Waals surface area contributed by atoms with Crippen molar-refractivity contribution in [3.63, 3.8) is 0 Å². The Kier molecular flexibility index (Phi) is 39.5. The number of allylic oxidation sites excluding steroid dienone is 2. The predicted molar refractivity (Wildman–Crippen MR) is 234 cm³/mol. The van der Waals surface area contributed by atoms with Crippen molar-refractivity contribution in [1.29, 1.82) is 0 Å². The van der Waals surface area contributed by atoms with E-state index in [0.29, 0.717) is 24.1 Å². The smallest absolute Gasteiger partial charge is 0.457 e. The van der Waals surface area contributed by atoms with Gasteiger partial charge in [-0.1, -0.05) is 187 Å². The topological polar surface area (TPSA) is 91.3 Å². The summed E-state index contributed by atoms with van der Waals surface area (Å²) in [5.41, 5.74) is 0. The molecule has 8 nitrogen and oxygen atoms in total. The minimum absolute atomic E-state index is 0.0914. The van der Waals surface area contributed by atoms with Crippen molar-refractivity contribution in [2.45, 2.75) is 225 Å². The van der Waals surface area contributed by atoms with Gasteiger partial charge in [0.2, 0.25) is 0 Å². The number of unbranched alkanes of at least 4 members (excludes halogenated alkanes) is 28. The molecule has 2 atom stereocenters. The van der Waals surface area contributed by atoms with Crippen LogP contribution in [0.1, 0.15) is 219 Å². The first kappa shape index (κ1) is 54.2. The van der Waals surface area contributed by atoms with Gasteiger partial charge in [-0.05, 0) is 38.5 Å². The first-order chi connectivity index (χ1) is 26.6. The van der Waals surface area contributed by atoms with Gasteiger partial charge in [-0.2, -0.15) is 0 Å². The van der Waals surface area contributed by atoms with E-state index in [1.807, 2.05) is 21.1 Å². The Hall–Kier alpha value is -0.760. The van der Waals surface area contributed by atoms with Crippen molar-refractivity contribution in [3.05, 3.63) is 12.2 Å². The Labute approximate surface area is 341 Å². The van der Waals surface area contributed by atoms with Crippen molar-refractivity contribution in [1.82, 2.24) is 0 Å². The van der Waals surface area contributed by atoms with Crippen molar-refractivity contribution >= 4 is 13.8 Å². The number of phosphoric ester groups is 1. The number of esters is 1. The molecule has 0 radical (unpaired) electrons. The maximum absolute atomic E-state index is 12.7. The molecular weight excluding hydrogens is 709 g/mol. The van der Waals surface area contributed by atoms with E-state index >= 15 is 0 Å². The van der Waals surface area contributed by atoms with E-state index in [0.717, 1.165) is 32.1 Å². The fraction of sp³-hybridized carbons (Fsp3) is 0.935. The highest BCUT2D eigenvalue weighted by Gasteiger charge is 2.26. The Morgan fingerprint density at radius 2 is 0.945 bits per heavy atom. The van der Waals surface area contributed by atoms with Crippen LogP contribution < -0.4 is 0 Å². The molecule has 0 aromatic heterocycles. The largest absolute Gasteiger partial charge is 0.472 e. The monoisotopic (exact) mass is 803 g/mol.